The van der Waals surface area contributed by atoms with Crippen molar-refractivity contribution in [1.29, 1.82) is 0 Å². The molecule has 0 aliphatic rings. The number of aliphatic hydroxyl groups excluding tert-OH is 1. The Morgan fingerprint density at radius 3 is 2.00 bits per heavy atom. The van der Waals surface area contributed by atoms with Crippen LogP contribution in [-0.4, -0.2) is 40.6 Å². The lowest BCUT2D eigenvalue weighted by Gasteiger charge is -2.26. The van der Waals surface area contributed by atoms with Gasteiger partial charge in [0.2, 0.25) is 0 Å². The first-order valence-electron chi connectivity index (χ1n) is 5.74. The molecule has 1 N–H and O–H groups in total. The SMILES string of the molecule is COc1cc(C(C)(C)CO)c(S(C)(=O)=O)cc1OC. The minimum Gasteiger partial charge on any atom is -0.493 e. The summed E-state index contributed by atoms with van der Waals surface area (Å²) in [6.07, 6.45) is 1.13. The van der Waals surface area contributed by atoms with E-state index in [4.69, 9.17) is 9.47 Å². The molecule has 0 radical (unpaired) electrons. The van der Waals surface area contributed by atoms with Crippen molar-refractivity contribution in [2.24, 2.45) is 0 Å². The molecule has 1 aromatic carbocycles. The molecule has 5 nitrogen and oxygen atoms in total. The Bertz CT molecular complexity index is 561. The van der Waals surface area contributed by atoms with Gasteiger partial charge in [-0.2, -0.15) is 0 Å². The molecule has 0 fully saturated rings. The summed E-state index contributed by atoms with van der Waals surface area (Å²) in [6, 6.07) is 3.03. The van der Waals surface area contributed by atoms with Crippen molar-refractivity contribution >= 4 is 9.84 Å². The van der Waals surface area contributed by atoms with Crippen LogP contribution in [-0.2, 0) is 15.3 Å². The molecule has 19 heavy (non-hydrogen) atoms. The van der Waals surface area contributed by atoms with E-state index in [-0.39, 0.29) is 11.5 Å². The molecule has 0 aromatic heterocycles. The highest BCUT2D eigenvalue weighted by Gasteiger charge is 2.29. The Hall–Kier alpha value is -1.27. The molecular formula is C13H20O5S. The van der Waals surface area contributed by atoms with Crippen molar-refractivity contribution in [3.63, 3.8) is 0 Å². The summed E-state index contributed by atoms with van der Waals surface area (Å²) in [5.41, 5.74) is -0.187. The largest absolute Gasteiger partial charge is 0.493 e. The van der Waals surface area contributed by atoms with E-state index < -0.39 is 15.3 Å². The van der Waals surface area contributed by atoms with Gasteiger partial charge in [0.1, 0.15) is 0 Å². The molecule has 0 heterocycles. The van der Waals surface area contributed by atoms with E-state index in [0.29, 0.717) is 17.1 Å². The van der Waals surface area contributed by atoms with Crippen LogP contribution in [0.2, 0.25) is 0 Å². The number of aliphatic hydroxyl groups is 1. The second-order valence-electron chi connectivity index (χ2n) is 5.02. The van der Waals surface area contributed by atoms with E-state index in [1.807, 2.05) is 0 Å². The molecule has 0 saturated carbocycles. The number of hydrogen-bond acceptors (Lipinski definition) is 5. The Kier molecular flexibility index (Phi) is 4.47. The summed E-state index contributed by atoms with van der Waals surface area (Å²) in [5, 5.41) is 9.46. The van der Waals surface area contributed by atoms with Crippen LogP contribution in [0, 0.1) is 0 Å². The first kappa shape index (κ1) is 15.8. The van der Waals surface area contributed by atoms with Crippen LogP contribution in [0.4, 0.5) is 0 Å². The van der Waals surface area contributed by atoms with Gasteiger partial charge in [-0.3, -0.25) is 0 Å². The van der Waals surface area contributed by atoms with Crippen LogP contribution in [0.5, 0.6) is 11.5 Å². The van der Waals surface area contributed by atoms with Gasteiger partial charge in [-0.1, -0.05) is 13.8 Å². The quantitative estimate of drug-likeness (QED) is 0.886. The number of methoxy groups -OCH3 is 2. The molecule has 0 unspecified atom stereocenters. The molecule has 0 amide bonds. The smallest absolute Gasteiger partial charge is 0.175 e. The van der Waals surface area contributed by atoms with Crippen LogP contribution in [0.3, 0.4) is 0 Å². The zero-order valence-electron chi connectivity index (χ0n) is 11.9. The van der Waals surface area contributed by atoms with Gasteiger partial charge >= 0.3 is 0 Å². The van der Waals surface area contributed by atoms with Crippen LogP contribution in [0.1, 0.15) is 19.4 Å². The van der Waals surface area contributed by atoms with Gasteiger partial charge in [0.25, 0.3) is 0 Å². The standard InChI is InChI=1S/C13H20O5S/c1-13(2,8-14)9-6-10(17-3)11(18-4)7-12(9)19(5,15)16/h6-7,14H,8H2,1-5H3. The third-order valence-electron chi connectivity index (χ3n) is 3.01. The monoisotopic (exact) mass is 288 g/mol. The predicted molar refractivity (Wildman–Crippen MR) is 72.8 cm³/mol. The van der Waals surface area contributed by atoms with E-state index >= 15 is 0 Å². The van der Waals surface area contributed by atoms with Crippen molar-refractivity contribution in [3.8, 4) is 11.5 Å². The van der Waals surface area contributed by atoms with Crippen molar-refractivity contribution < 1.29 is 23.0 Å². The van der Waals surface area contributed by atoms with Crippen LogP contribution < -0.4 is 9.47 Å². The number of benzene rings is 1. The minimum atomic E-state index is -3.43. The fourth-order valence-corrected chi connectivity index (χ4v) is 2.84. The van der Waals surface area contributed by atoms with Gasteiger partial charge in [-0.15, -0.1) is 0 Å². The predicted octanol–water partition coefficient (Wildman–Crippen LogP) is 1.38. The zero-order chi connectivity index (χ0) is 14.8. The molecular weight excluding hydrogens is 268 g/mol. The molecule has 1 aromatic rings. The summed E-state index contributed by atoms with van der Waals surface area (Å²) >= 11 is 0. The third-order valence-corrected chi connectivity index (χ3v) is 4.15. The summed E-state index contributed by atoms with van der Waals surface area (Å²) in [5.74, 6) is 0.784. The minimum absolute atomic E-state index is 0.143. The van der Waals surface area contributed by atoms with E-state index in [0.717, 1.165) is 6.26 Å². The van der Waals surface area contributed by atoms with Gasteiger partial charge in [-0.05, 0) is 11.6 Å². The second-order valence-corrected chi connectivity index (χ2v) is 7.00. The lowest BCUT2D eigenvalue weighted by atomic mass is 9.85. The summed E-state index contributed by atoms with van der Waals surface area (Å²) in [7, 11) is -0.506. The number of hydrogen-bond donors (Lipinski definition) is 1. The van der Waals surface area contributed by atoms with Gasteiger partial charge < -0.3 is 14.6 Å². The topological polar surface area (TPSA) is 72.8 Å². The first-order valence-corrected chi connectivity index (χ1v) is 7.64. The molecule has 108 valence electrons. The lowest BCUT2D eigenvalue weighted by molar-refractivity contribution is 0.216. The summed E-state index contributed by atoms with van der Waals surface area (Å²) < 4.78 is 34.1. The number of ether oxygens (including phenoxy) is 2. The zero-order valence-corrected chi connectivity index (χ0v) is 12.7. The van der Waals surface area contributed by atoms with E-state index in [2.05, 4.69) is 0 Å². The second kappa shape index (κ2) is 5.38. The molecule has 6 heteroatoms. The van der Waals surface area contributed by atoms with Gasteiger partial charge in [0, 0.05) is 17.7 Å². The fourth-order valence-electron chi connectivity index (χ4n) is 1.78. The summed E-state index contributed by atoms with van der Waals surface area (Å²) in [6.45, 7) is 3.36. The highest BCUT2D eigenvalue weighted by Crippen LogP contribution is 2.38. The van der Waals surface area contributed by atoms with Gasteiger partial charge in [-0.25, -0.2) is 8.42 Å². The highest BCUT2D eigenvalue weighted by molar-refractivity contribution is 7.90. The third kappa shape index (κ3) is 3.19. The van der Waals surface area contributed by atoms with Crippen molar-refractivity contribution in [1.82, 2.24) is 0 Å². The molecule has 0 saturated heterocycles. The average Bonchev–Trinajstić information content (AvgIpc) is 2.35. The number of sulfone groups is 1. The van der Waals surface area contributed by atoms with Crippen LogP contribution in [0.25, 0.3) is 0 Å². The van der Waals surface area contributed by atoms with Crippen molar-refractivity contribution in [2.45, 2.75) is 24.2 Å². The molecule has 0 aliphatic heterocycles. The Morgan fingerprint density at radius 1 is 1.16 bits per heavy atom. The molecule has 0 spiro atoms. The fraction of sp³-hybridized carbons (Fsp3) is 0.538. The van der Waals surface area contributed by atoms with Gasteiger partial charge in [0.15, 0.2) is 21.3 Å². The Morgan fingerprint density at radius 2 is 1.63 bits per heavy atom. The number of rotatable bonds is 5. The maximum Gasteiger partial charge on any atom is 0.175 e. The van der Waals surface area contributed by atoms with E-state index in [1.165, 1.54) is 20.3 Å². The average molecular weight is 288 g/mol. The summed E-state index contributed by atoms with van der Waals surface area (Å²) in [4.78, 5) is 0.143. The first-order chi connectivity index (χ1) is 8.67. The molecule has 0 atom stereocenters. The molecule has 0 aliphatic carbocycles. The molecule has 0 bridgehead atoms. The van der Waals surface area contributed by atoms with Crippen LogP contribution in [0.15, 0.2) is 17.0 Å². The highest BCUT2D eigenvalue weighted by atomic mass is 32.2. The van der Waals surface area contributed by atoms with Crippen molar-refractivity contribution in [2.75, 3.05) is 27.1 Å². The maximum atomic E-state index is 11.9. The van der Waals surface area contributed by atoms with E-state index in [1.54, 1.807) is 19.9 Å². The normalized spacial score (nSPS) is 12.3. The van der Waals surface area contributed by atoms with Crippen LogP contribution >= 0.6 is 0 Å². The van der Waals surface area contributed by atoms with Crippen molar-refractivity contribution in [3.05, 3.63) is 17.7 Å². The van der Waals surface area contributed by atoms with E-state index in [9.17, 15) is 13.5 Å². The Balaban J connectivity index is 3.69. The molecule has 1 rings (SSSR count). The van der Waals surface area contributed by atoms with Gasteiger partial charge in [0.05, 0.1) is 25.7 Å². The maximum absolute atomic E-state index is 11.9. The Labute approximate surface area is 114 Å². The lowest BCUT2D eigenvalue weighted by Crippen LogP contribution is -2.25.